The molecule has 1 aromatic heterocycles. The lowest BCUT2D eigenvalue weighted by molar-refractivity contribution is -0.136. The standard InChI is InChI=1S/C20H21NO4S2/c1-4-26-18-17(16-6-5-11-27-16)19(22)21(20(18)23)10-9-13-7-8-14(24-2)15(12-13)25-3/h5-8,11-12H,4,9-10H2,1-3H3. The Bertz CT molecular complexity index is 874. The third-order valence-corrected chi connectivity index (χ3v) is 6.10. The van der Waals surface area contributed by atoms with Crippen LogP contribution in [0.2, 0.25) is 0 Å². The number of benzene rings is 1. The second kappa shape index (κ2) is 8.63. The van der Waals surface area contributed by atoms with Crippen molar-refractivity contribution in [1.82, 2.24) is 4.90 Å². The van der Waals surface area contributed by atoms with Crippen LogP contribution < -0.4 is 9.47 Å². The smallest absolute Gasteiger partial charge is 0.268 e. The minimum Gasteiger partial charge on any atom is -0.493 e. The van der Waals surface area contributed by atoms with Crippen LogP contribution in [-0.4, -0.2) is 43.2 Å². The topological polar surface area (TPSA) is 55.8 Å². The fraction of sp³-hybridized carbons (Fsp3) is 0.300. The Labute approximate surface area is 167 Å². The van der Waals surface area contributed by atoms with E-state index in [1.807, 2.05) is 42.6 Å². The highest BCUT2D eigenvalue weighted by Crippen LogP contribution is 2.37. The molecule has 1 aliphatic rings. The Balaban J connectivity index is 1.79. The molecule has 0 radical (unpaired) electrons. The molecule has 142 valence electrons. The maximum absolute atomic E-state index is 12.9. The molecule has 5 nitrogen and oxygen atoms in total. The minimum absolute atomic E-state index is 0.198. The van der Waals surface area contributed by atoms with Gasteiger partial charge in [-0.3, -0.25) is 14.5 Å². The van der Waals surface area contributed by atoms with Crippen molar-refractivity contribution in [2.24, 2.45) is 0 Å². The Morgan fingerprint density at radius 3 is 2.48 bits per heavy atom. The zero-order chi connectivity index (χ0) is 19.4. The number of carbonyl (C=O) groups excluding carboxylic acids is 2. The van der Waals surface area contributed by atoms with E-state index in [4.69, 9.17) is 9.47 Å². The molecule has 7 heteroatoms. The Kier molecular flexibility index (Phi) is 6.23. The van der Waals surface area contributed by atoms with Crippen molar-refractivity contribution >= 4 is 40.5 Å². The molecule has 0 saturated carbocycles. The van der Waals surface area contributed by atoms with Gasteiger partial charge in [0.1, 0.15) is 0 Å². The van der Waals surface area contributed by atoms with Gasteiger partial charge in [0.05, 0.1) is 24.7 Å². The van der Waals surface area contributed by atoms with Crippen molar-refractivity contribution in [3.63, 3.8) is 0 Å². The number of amides is 2. The van der Waals surface area contributed by atoms with Crippen molar-refractivity contribution in [1.29, 1.82) is 0 Å². The molecule has 27 heavy (non-hydrogen) atoms. The highest BCUT2D eigenvalue weighted by molar-refractivity contribution is 8.04. The van der Waals surface area contributed by atoms with E-state index in [1.165, 1.54) is 28.0 Å². The minimum atomic E-state index is -0.209. The van der Waals surface area contributed by atoms with E-state index in [1.54, 1.807) is 14.2 Å². The van der Waals surface area contributed by atoms with E-state index in [-0.39, 0.29) is 11.8 Å². The normalized spacial score (nSPS) is 14.3. The van der Waals surface area contributed by atoms with Crippen LogP contribution in [0.1, 0.15) is 17.4 Å². The Morgan fingerprint density at radius 1 is 1.07 bits per heavy atom. The van der Waals surface area contributed by atoms with Crippen molar-refractivity contribution in [2.75, 3.05) is 26.5 Å². The van der Waals surface area contributed by atoms with Gasteiger partial charge in [0.2, 0.25) is 0 Å². The average Bonchev–Trinajstić information content (AvgIpc) is 3.28. The second-order valence-corrected chi connectivity index (χ2v) is 8.04. The molecule has 2 aromatic rings. The second-order valence-electron chi connectivity index (χ2n) is 5.82. The number of thioether (sulfide) groups is 1. The van der Waals surface area contributed by atoms with Crippen LogP contribution >= 0.6 is 23.1 Å². The molecule has 0 bridgehead atoms. The molecular formula is C20H21NO4S2. The van der Waals surface area contributed by atoms with Gasteiger partial charge in [-0.05, 0) is 41.3 Å². The molecule has 2 heterocycles. The maximum atomic E-state index is 12.9. The SMILES string of the molecule is CCSC1=C(c2cccs2)C(=O)N(CCc2ccc(OC)c(OC)c2)C1=O. The predicted molar refractivity (Wildman–Crippen MR) is 109 cm³/mol. The number of nitrogens with zero attached hydrogens (tertiary/aromatic N) is 1. The summed E-state index contributed by atoms with van der Waals surface area (Å²) in [6.07, 6.45) is 0.555. The maximum Gasteiger partial charge on any atom is 0.268 e. The molecule has 0 aliphatic carbocycles. The van der Waals surface area contributed by atoms with Crippen molar-refractivity contribution < 1.29 is 19.1 Å². The summed E-state index contributed by atoms with van der Waals surface area (Å²) in [6, 6.07) is 9.40. The number of rotatable bonds is 8. The summed E-state index contributed by atoms with van der Waals surface area (Å²) in [6.45, 7) is 2.31. The summed E-state index contributed by atoms with van der Waals surface area (Å²) >= 11 is 2.91. The van der Waals surface area contributed by atoms with Crippen LogP contribution in [0.25, 0.3) is 5.57 Å². The zero-order valence-corrected chi connectivity index (χ0v) is 17.1. The molecule has 0 N–H and O–H groups in total. The lowest BCUT2D eigenvalue weighted by Crippen LogP contribution is -2.33. The van der Waals surface area contributed by atoms with E-state index >= 15 is 0 Å². The van der Waals surface area contributed by atoms with Gasteiger partial charge in [0, 0.05) is 11.4 Å². The fourth-order valence-corrected chi connectivity index (χ4v) is 4.65. The summed E-state index contributed by atoms with van der Waals surface area (Å²) < 4.78 is 10.6. The zero-order valence-electron chi connectivity index (χ0n) is 15.5. The average molecular weight is 404 g/mol. The van der Waals surface area contributed by atoms with Crippen molar-refractivity contribution in [3.8, 4) is 11.5 Å². The van der Waals surface area contributed by atoms with Crippen LogP contribution in [0, 0.1) is 0 Å². The molecule has 1 aliphatic heterocycles. The Morgan fingerprint density at radius 2 is 1.85 bits per heavy atom. The number of carbonyl (C=O) groups is 2. The summed E-state index contributed by atoms with van der Waals surface area (Å²) in [4.78, 5) is 28.5. The van der Waals surface area contributed by atoms with Gasteiger partial charge in [-0.15, -0.1) is 23.1 Å². The molecular weight excluding hydrogens is 382 g/mol. The van der Waals surface area contributed by atoms with E-state index in [2.05, 4.69) is 0 Å². The molecule has 0 atom stereocenters. The van der Waals surface area contributed by atoms with Crippen molar-refractivity contribution in [2.45, 2.75) is 13.3 Å². The number of methoxy groups -OCH3 is 2. The molecule has 1 aromatic carbocycles. The number of hydrogen-bond acceptors (Lipinski definition) is 6. The van der Waals surface area contributed by atoms with Crippen LogP contribution in [0.15, 0.2) is 40.6 Å². The molecule has 0 spiro atoms. The first-order valence-corrected chi connectivity index (χ1v) is 10.4. The molecule has 0 saturated heterocycles. The first-order valence-electron chi connectivity index (χ1n) is 8.58. The van der Waals surface area contributed by atoms with E-state index in [0.29, 0.717) is 34.9 Å². The summed E-state index contributed by atoms with van der Waals surface area (Å²) in [5.41, 5.74) is 1.51. The quantitative estimate of drug-likeness (QED) is 0.627. The predicted octanol–water partition coefficient (Wildman–Crippen LogP) is 3.84. The van der Waals surface area contributed by atoms with Gasteiger partial charge >= 0.3 is 0 Å². The lowest BCUT2D eigenvalue weighted by atomic mass is 10.1. The first-order chi connectivity index (χ1) is 13.1. The van der Waals surface area contributed by atoms with Gasteiger partial charge in [-0.2, -0.15) is 0 Å². The molecule has 2 amide bonds. The molecule has 0 fully saturated rings. The number of hydrogen-bond donors (Lipinski definition) is 0. The third kappa shape index (κ3) is 3.89. The van der Waals surface area contributed by atoms with Gasteiger partial charge in [0.25, 0.3) is 11.8 Å². The number of ether oxygens (including phenoxy) is 2. The van der Waals surface area contributed by atoms with Gasteiger partial charge in [-0.1, -0.05) is 19.1 Å². The largest absolute Gasteiger partial charge is 0.493 e. The molecule has 0 unspecified atom stereocenters. The fourth-order valence-electron chi connectivity index (χ4n) is 2.95. The highest BCUT2D eigenvalue weighted by Gasteiger charge is 2.39. The number of thiophene rings is 1. The van der Waals surface area contributed by atoms with E-state index in [0.717, 1.165) is 16.2 Å². The van der Waals surface area contributed by atoms with E-state index < -0.39 is 0 Å². The van der Waals surface area contributed by atoms with Gasteiger partial charge in [0.15, 0.2) is 11.5 Å². The van der Waals surface area contributed by atoms with Crippen LogP contribution in [0.4, 0.5) is 0 Å². The first kappa shape index (κ1) is 19.5. The lowest BCUT2D eigenvalue weighted by Gasteiger charge is -2.16. The Hall–Kier alpha value is -2.25. The van der Waals surface area contributed by atoms with E-state index in [9.17, 15) is 9.59 Å². The number of imide groups is 1. The van der Waals surface area contributed by atoms with Gasteiger partial charge in [-0.25, -0.2) is 0 Å². The van der Waals surface area contributed by atoms with Crippen molar-refractivity contribution in [3.05, 3.63) is 51.1 Å². The third-order valence-electron chi connectivity index (χ3n) is 4.25. The summed E-state index contributed by atoms with van der Waals surface area (Å²) in [5, 5.41) is 1.92. The van der Waals surface area contributed by atoms with Crippen LogP contribution in [0.5, 0.6) is 11.5 Å². The molecule has 3 rings (SSSR count). The van der Waals surface area contributed by atoms with Crippen LogP contribution in [-0.2, 0) is 16.0 Å². The highest BCUT2D eigenvalue weighted by atomic mass is 32.2. The summed E-state index contributed by atoms with van der Waals surface area (Å²) in [5.74, 6) is 1.62. The van der Waals surface area contributed by atoms with Crippen LogP contribution in [0.3, 0.4) is 0 Å². The monoisotopic (exact) mass is 403 g/mol. The summed E-state index contributed by atoms with van der Waals surface area (Å²) in [7, 11) is 3.17. The van der Waals surface area contributed by atoms with Gasteiger partial charge < -0.3 is 9.47 Å².